The summed E-state index contributed by atoms with van der Waals surface area (Å²) in [7, 11) is 0. The van der Waals surface area contributed by atoms with Gasteiger partial charge in [-0.2, -0.15) is 5.26 Å². The van der Waals surface area contributed by atoms with Gasteiger partial charge < -0.3 is 0 Å². The fourth-order valence-electron chi connectivity index (χ4n) is 3.27. The van der Waals surface area contributed by atoms with E-state index in [0.29, 0.717) is 5.92 Å². The number of rotatable bonds is 4. The lowest BCUT2D eigenvalue weighted by atomic mass is 9.89. The predicted molar refractivity (Wildman–Crippen MR) is 89.8 cm³/mol. The van der Waals surface area contributed by atoms with Gasteiger partial charge in [0.1, 0.15) is 0 Å². The number of nitriles is 1. The molecule has 1 atom stereocenters. The van der Waals surface area contributed by atoms with Crippen LogP contribution >= 0.6 is 11.3 Å². The van der Waals surface area contributed by atoms with Gasteiger partial charge in [-0.3, -0.25) is 10.1 Å². The Bertz CT molecular complexity index is 723. The second kappa shape index (κ2) is 6.25. The number of allylic oxidation sites excluding steroid dienone is 2. The molecule has 120 valence electrons. The monoisotopic (exact) mass is 329 g/mol. The van der Waals surface area contributed by atoms with Crippen LogP contribution in [-0.4, -0.2) is 15.4 Å². The summed E-state index contributed by atoms with van der Waals surface area (Å²) in [5, 5.41) is 21.4. The predicted octanol–water partition coefficient (Wildman–Crippen LogP) is 4.25. The van der Waals surface area contributed by atoms with Crippen LogP contribution in [0.25, 0.3) is 5.57 Å². The molecule has 0 amide bonds. The number of thiazole rings is 1. The van der Waals surface area contributed by atoms with Gasteiger partial charge in [-0.15, -0.1) is 11.3 Å². The first-order valence-electron chi connectivity index (χ1n) is 8.04. The highest BCUT2D eigenvalue weighted by Gasteiger charge is 2.41. The van der Waals surface area contributed by atoms with Crippen LogP contribution in [0.1, 0.15) is 60.5 Å². The topological polar surface area (TPSA) is 79.8 Å². The van der Waals surface area contributed by atoms with E-state index in [9.17, 15) is 10.1 Å². The highest BCUT2D eigenvalue weighted by Crippen LogP contribution is 2.41. The molecule has 5 nitrogen and oxygen atoms in total. The number of hydrogen-bond acceptors (Lipinski definition) is 5. The third-order valence-corrected chi connectivity index (χ3v) is 5.96. The second-order valence-electron chi connectivity index (χ2n) is 6.15. The minimum Gasteiger partial charge on any atom is -0.263 e. The molecular weight excluding hydrogens is 310 g/mol. The summed E-state index contributed by atoms with van der Waals surface area (Å²) in [5.41, 5.74) is 0.526. The summed E-state index contributed by atoms with van der Waals surface area (Å²) in [6.45, 7) is 2.10. The van der Waals surface area contributed by atoms with Gasteiger partial charge in [0, 0.05) is 16.9 Å². The van der Waals surface area contributed by atoms with Crippen molar-refractivity contribution in [3.63, 3.8) is 0 Å². The lowest BCUT2D eigenvalue weighted by Crippen LogP contribution is -2.34. The van der Waals surface area contributed by atoms with Crippen molar-refractivity contribution in [2.45, 2.75) is 56.9 Å². The maximum Gasteiger partial charge on any atom is 0.327 e. The third kappa shape index (κ3) is 2.81. The van der Waals surface area contributed by atoms with E-state index in [-0.39, 0.29) is 6.42 Å². The van der Waals surface area contributed by atoms with Crippen LogP contribution in [0.2, 0.25) is 0 Å². The number of aromatic nitrogens is 1. The summed E-state index contributed by atoms with van der Waals surface area (Å²) < 4.78 is 0. The van der Waals surface area contributed by atoms with Crippen LogP contribution in [-0.2, 0) is 6.42 Å². The smallest absolute Gasteiger partial charge is 0.263 e. The average molecular weight is 329 g/mol. The van der Waals surface area contributed by atoms with Crippen molar-refractivity contribution in [2.75, 3.05) is 0 Å². The van der Waals surface area contributed by atoms with E-state index in [2.05, 4.69) is 6.92 Å². The van der Waals surface area contributed by atoms with Gasteiger partial charge in [0.25, 0.3) is 0 Å². The molecule has 6 heteroatoms. The first-order valence-corrected chi connectivity index (χ1v) is 8.86. The SMILES string of the molecule is CCc1nc(C2CCCC2)c(C2=CCC(C#N)([N+](=O)[O-])C=C2)s1. The van der Waals surface area contributed by atoms with Crippen molar-refractivity contribution in [3.8, 4) is 6.07 Å². The van der Waals surface area contributed by atoms with E-state index < -0.39 is 10.5 Å². The lowest BCUT2D eigenvalue weighted by molar-refractivity contribution is -0.537. The van der Waals surface area contributed by atoms with Crippen LogP contribution in [0.5, 0.6) is 0 Å². The summed E-state index contributed by atoms with van der Waals surface area (Å²) in [6, 6.07) is 1.83. The molecule has 1 saturated carbocycles. The molecule has 0 radical (unpaired) electrons. The molecule has 1 heterocycles. The summed E-state index contributed by atoms with van der Waals surface area (Å²) >= 11 is 1.69. The molecule has 1 aromatic rings. The van der Waals surface area contributed by atoms with E-state index in [1.165, 1.54) is 31.8 Å². The zero-order chi connectivity index (χ0) is 16.4. The fraction of sp³-hybridized carbons (Fsp3) is 0.529. The molecule has 2 aliphatic rings. The Hall–Kier alpha value is -2.00. The van der Waals surface area contributed by atoms with Gasteiger partial charge in [0.2, 0.25) is 0 Å². The van der Waals surface area contributed by atoms with Gasteiger partial charge in [0.05, 0.1) is 22.0 Å². The number of aryl methyl sites for hydroxylation is 1. The van der Waals surface area contributed by atoms with Gasteiger partial charge >= 0.3 is 5.54 Å². The highest BCUT2D eigenvalue weighted by atomic mass is 32.1. The summed E-state index contributed by atoms with van der Waals surface area (Å²) in [5.74, 6) is 0.508. The third-order valence-electron chi connectivity index (χ3n) is 4.70. The number of nitro groups is 1. The fourth-order valence-corrected chi connectivity index (χ4v) is 4.38. The minimum absolute atomic E-state index is 0.117. The van der Waals surface area contributed by atoms with E-state index in [4.69, 9.17) is 10.2 Å². The quantitative estimate of drug-likeness (QED) is 0.611. The van der Waals surface area contributed by atoms with Crippen molar-refractivity contribution in [2.24, 2.45) is 0 Å². The molecular formula is C17H19N3O2S. The molecule has 0 saturated heterocycles. The molecule has 1 unspecified atom stereocenters. The maximum absolute atomic E-state index is 11.2. The lowest BCUT2D eigenvalue weighted by Gasteiger charge is -2.17. The summed E-state index contributed by atoms with van der Waals surface area (Å²) in [6.07, 6.45) is 10.9. The van der Waals surface area contributed by atoms with E-state index in [1.54, 1.807) is 17.4 Å². The Balaban J connectivity index is 1.94. The molecule has 0 N–H and O–H groups in total. The maximum atomic E-state index is 11.2. The Morgan fingerprint density at radius 1 is 1.52 bits per heavy atom. The molecule has 1 fully saturated rings. The molecule has 0 spiro atoms. The van der Waals surface area contributed by atoms with Crippen molar-refractivity contribution in [3.05, 3.63) is 43.9 Å². The molecule has 1 aromatic heterocycles. The zero-order valence-corrected chi connectivity index (χ0v) is 13.9. The largest absolute Gasteiger partial charge is 0.327 e. The van der Waals surface area contributed by atoms with Crippen molar-refractivity contribution >= 4 is 16.9 Å². The number of nitrogens with zero attached hydrogens (tertiary/aromatic N) is 3. The first-order chi connectivity index (χ1) is 11.1. The molecule has 3 rings (SSSR count). The van der Waals surface area contributed by atoms with Gasteiger partial charge in [-0.25, -0.2) is 4.98 Å². The van der Waals surface area contributed by atoms with E-state index in [0.717, 1.165) is 27.6 Å². The highest BCUT2D eigenvalue weighted by molar-refractivity contribution is 7.13. The molecule has 0 aliphatic heterocycles. The summed E-state index contributed by atoms with van der Waals surface area (Å²) in [4.78, 5) is 16.6. The zero-order valence-electron chi connectivity index (χ0n) is 13.1. The number of hydrogen-bond donors (Lipinski definition) is 0. The van der Waals surface area contributed by atoms with E-state index in [1.807, 2.05) is 12.1 Å². The van der Waals surface area contributed by atoms with Crippen molar-refractivity contribution < 1.29 is 4.92 Å². The van der Waals surface area contributed by atoms with Gasteiger partial charge in [0.15, 0.2) is 6.07 Å². The average Bonchev–Trinajstić information content (AvgIpc) is 3.23. The Morgan fingerprint density at radius 2 is 2.26 bits per heavy atom. The Morgan fingerprint density at radius 3 is 2.78 bits per heavy atom. The van der Waals surface area contributed by atoms with Crippen LogP contribution in [0.15, 0.2) is 18.2 Å². The minimum atomic E-state index is -1.62. The van der Waals surface area contributed by atoms with Crippen molar-refractivity contribution in [1.82, 2.24) is 4.98 Å². The Kier molecular flexibility index (Phi) is 4.31. The molecule has 2 aliphatic carbocycles. The van der Waals surface area contributed by atoms with Crippen LogP contribution in [0.4, 0.5) is 0 Å². The molecule has 23 heavy (non-hydrogen) atoms. The standard InChI is InChI=1S/C17H19N3O2S/c1-2-14-19-15(12-5-3-4-6-12)16(23-14)13-7-9-17(11-18,10-8-13)20(21)22/h7-9,12H,2-6,10H2,1H3. The molecule has 0 bridgehead atoms. The molecule has 0 aromatic carbocycles. The van der Waals surface area contributed by atoms with Crippen LogP contribution in [0, 0.1) is 21.4 Å². The van der Waals surface area contributed by atoms with Gasteiger partial charge in [-0.1, -0.05) is 25.8 Å². The van der Waals surface area contributed by atoms with Crippen molar-refractivity contribution in [1.29, 1.82) is 5.26 Å². The Labute approximate surface area is 139 Å². The van der Waals surface area contributed by atoms with E-state index >= 15 is 0 Å². The first kappa shape index (κ1) is 15.9. The second-order valence-corrected chi connectivity index (χ2v) is 7.23. The van der Waals surface area contributed by atoms with Crippen LogP contribution < -0.4 is 0 Å². The van der Waals surface area contributed by atoms with Gasteiger partial charge in [-0.05, 0) is 30.9 Å². The normalized spacial score (nSPS) is 24.4. The van der Waals surface area contributed by atoms with Crippen LogP contribution in [0.3, 0.4) is 0 Å².